The number of aryl methyl sites for hydroxylation is 1. The van der Waals surface area contributed by atoms with Gasteiger partial charge in [-0.2, -0.15) is 0 Å². The number of hydrogen-bond acceptors (Lipinski definition) is 7. The van der Waals surface area contributed by atoms with Crippen molar-refractivity contribution < 1.29 is 22.3 Å². The van der Waals surface area contributed by atoms with E-state index < -0.39 is 15.7 Å². The van der Waals surface area contributed by atoms with Crippen LogP contribution in [0.5, 0.6) is 5.75 Å². The molecule has 3 aromatic rings. The van der Waals surface area contributed by atoms with Gasteiger partial charge >= 0.3 is 0 Å². The number of ether oxygens (including phenoxy) is 1. The summed E-state index contributed by atoms with van der Waals surface area (Å²) in [4.78, 5) is 21.5. The van der Waals surface area contributed by atoms with Crippen molar-refractivity contribution in [3.63, 3.8) is 0 Å². The molecule has 0 fully saturated rings. The Labute approximate surface area is 209 Å². The lowest BCUT2D eigenvalue weighted by atomic mass is 10.2. The van der Waals surface area contributed by atoms with Crippen LogP contribution < -0.4 is 9.64 Å². The molecule has 0 bridgehead atoms. The molecule has 0 aliphatic heterocycles. The molecule has 0 spiro atoms. The van der Waals surface area contributed by atoms with Crippen molar-refractivity contribution in [2.45, 2.75) is 24.7 Å². The number of sulfone groups is 1. The average Bonchev–Trinajstić information content (AvgIpc) is 3.20. The number of carbonyl (C=O) groups excluding carboxylic acids is 1. The predicted molar refractivity (Wildman–Crippen MR) is 137 cm³/mol. The first-order valence-electron chi connectivity index (χ1n) is 10.5. The molecule has 1 amide bonds. The third-order valence-electron chi connectivity index (χ3n) is 5.19. The number of hydrogen-bond donors (Lipinski definition) is 0. The molecule has 0 atom stereocenters. The minimum atomic E-state index is -3.60. The fourth-order valence-corrected chi connectivity index (χ4v) is 5.72. The fourth-order valence-electron chi connectivity index (χ4n) is 3.31. The van der Waals surface area contributed by atoms with Gasteiger partial charge in [0.05, 0.1) is 22.5 Å². The second-order valence-electron chi connectivity index (χ2n) is 7.98. The zero-order valence-corrected chi connectivity index (χ0v) is 22.0. The molecule has 0 N–H and O–H groups in total. The van der Waals surface area contributed by atoms with E-state index in [-0.39, 0.29) is 41.8 Å². The first-order chi connectivity index (χ1) is 15.6. The Kier molecular flexibility index (Phi) is 9.81. The maximum Gasteiger partial charge on any atom is 0.228 e. The number of anilines is 1. The minimum Gasteiger partial charge on any atom is -0.494 e. The van der Waals surface area contributed by atoms with Gasteiger partial charge in [0.2, 0.25) is 5.91 Å². The molecule has 34 heavy (non-hydrogen) atoms. The molecule has 186 valence electrons. The maximum atomic E-state index is 13.1. The lowest BCUT2D eigenvalue weighted by Crippen LogP contribution is -2.36. The summed E-state index contributed by atoms with van der Waals surface area (Å²) in [6, 6.07) is 8.52. The standard InChI is InChI=1S/C23H28FN3O4S2.ClH/c1-16-7-12-19(31-4)21-22(16)32-23(25-21)27(14-13-26(2)3)20(28)6-5-15-33(29,30)18-10-8-17(24)9-11-18;/h7-12H,5-6,13-15H2,1-4H3;1H. The molecule has 0 aliphatic rings. The molecular weight excluding hydrogens is 501 g/mol. The van der Waals surface area contributed by atoms with Crippen LogP contribution in [-0.4, -0.2) is 64.3 Å². The average molecular weight is 530 g/mol. The highest BCUT2D eigenvalue weighted by molar-refractivity contribution is 7.91. The maximum absolute atomic E-state index is 13.1. The SMILES string of the molecule is COc1ccc(C)c2sc(N(CCN(C)C)C(=O)CCCS(=O)(=O)c3ccc(F)cc3)nc12.Cl. The van der Waals surface area contributed by atoms with E-state index in [2.05, 4.69) is 4.98 Å². The first kappa shape index (κ1) is 28.0. The Bertz CT molecular complexity index is 1230. The number of thiazole rings is 1. The van der Waals surface area contributed by atoms with Gasteiger partial charge in [0, 0.05) is 19.5 Å². The monoisotopic (exact) mass is 529 g/mol. The number of rotatable bonds is 10. The fraction of sp³-hybridized carbons (Fsp3) is 0.391. The summed E-state index contributed by atoms with van der Waals surface area (Å²) in [5, 5.41) is 0.561. The van der Waals surface area contributed by atoms with E-state index in [1.807, 2.05) is 38.1 Å². The molecule has 0 radical (unpaired) electrons. The number of likely N-dealkylation sites (N-methyl/N-ethyl adjacent to an activating group) is 1. The van der Waals surface area contributed by atoms with Gasteiger partial charge in [-0.3, -0.25) is 9.69 Å². The van der Waals surface area contributed by atoms with Crippen molar-refractivity contribution in [1.29, 1.82) is 0 Å². The summed E-state index contributed by atoms with van der Waals surface area (Å²) >= 11 is 1.42. The Balaban J connectivity index is 0.00000408. The zero-order chi connectivity index (χ0) is 24.2. The normalized spacial score (nSPS) is 11.5. The van der Waals surface area contributed by atoms with Gasteiger partial charge < -0.3 is 9.64 Å². The van der Waals surface area contributed by atoms with Crippen LogP contribution in [0, 0.1) is 12.7 Å². The van der Waals surface area contributed by atoms with Gasteiger partial charge in [0.25, 0.3) is 0 Å². The van der Waals surface area contributed by atoms with Crippen molar-refractivity contribution in [1.82, 2.24) is 9.88 Å². The molecule has 0 aliphatic carbocycles. The van der Waals surface area contributed by atoms with Gasteiger partial charge in [-0.1, -0.05) is 17.4 Å². The molecule has 7 nitrogen and oxygen atoms in total. The van der Waals surface area contributed by atoms with Crippen LogP contribution >= 0.6 is 23.7 Å². The summed E-state index contributed by atoms with van der Waals surface area (Å²) in [5.41, 5.74) is 1.75. The summed E-state index contributed by atoms with van der Waals surface area (Å²) in [5.74, 6) is -0.243. The number of fused-ring (bicyclic) bond motifs is 1. The zero-order valence-electron chi connectivity index (χ0n) is 19.6. The van der Waals surface area contributed by atoms with E-state index in [1.54, 1.807) is 12.0 Å². The summed E-state index contributed by atoms with van der Waals surface area (Å²) in [6.07, 6.45) is 0.212. The number of benzene rings is 2. The molecule has 2 aromatic carbocycles. The number of nitrogens with zero attached hydrogens (tertiary/aromatic N) is 3. The lowest BCUT2D eigenvalue weighted by Gasteiger charge is -2.22. The van der Waals surface area contributed by atoms with Crippen LogP contribution in [0.15, 0.2) is 41.3 Å². The van der Waals surface area contributed by atoms with Gasteiger partial charge in [-0.05, 0) is 63.3 Å². The Morgan fingerprint density at radius 2 is 1.79 bits per heavy atom. The predicted octanol–water partition coefficient (Wildman–Crippen LogP) is 4.32. The van der Waals surface area contributed by atoms with Crippen molar-refractivity contribution in [2.24, 2.45) is 0 Å². The minimum absolute atomic E-state index is 0. The van der Waals surface area contributed by atoms with E-state index in [4.69, 9.17) is 4.74 Å². The molecular formula is C23H29ClFN3O4S2. The molecule has 1 heterocycles. The Morgan fingerprint density at radius 1 is 1.12 bits per heavy atom. The second-order valence-corrected chi connectivity index (χ2v) is 11.1. The molecule has 1 aromatic heterocycles. The van der Waals surface area contributed by atoms with Crippen LogP contribution in [0.4, 0.5) is 9.52 Å². The number of halogens is 2. The van der Waals surface area contributed by atoms with E-state index in [9.17, 15) is 17.6 Å². The molecule has 3 rings (SSSR count). The number of methoxy groups -OCH3 is 1. The van der Waals surface area contributed by atoms with E-state index >= 15 is 0 Å². The topological polar surface area (TPSA) is 79.8 Å². The highest BCUT2D eigenvalue weighted by atomic mass is 35.5. The third kappa shape index (κ3) is 6.65. The lowest BCUT2D eigenvalue weighted by molar-refractivity contribution is -0.118. The molecule has 0 saturated carbocycles. The van der Waals surface area contributed by atoms with Gasteiger partial charge in [-0.25, -0.2) is 17.8 Å². The highest BCUT2D eigenvalue weighted by Crippen LogP contribution is 2.36. The number of amides is 1. The quantitative estimate of drug-likeness (QED) is 0.364. The first-order valence-corrected chi connectivity index (χ1v) is 13.0. The summed E-state index contributed by atoms with van der Waals surface area (Å²) in [7, 11) is 1.82. The van der Waals surface area contributed by atoms with Crippen molar-refractivity contribution in [3.05, 3.63) is 47.8 Å². The van der Waals surface area contributed by atoms with E-state index in [1.165, 1.54) is 23.5 Å². The summed E-state index contributed by atoms with van der Waals surface area (Å²) in [6.45, 7) is 3.04. The Morgan fingerprint density at radius 3 is 2.41 bits per heavy atom. The molecule has 0 unspecified atom stereocenters. The summed E-state index contributed by atoms with van der Waals surface area (Å²) < 4.78 is 44.5. The molecule has 11 heteroatoms. The van der Waals surface area contributed by atoms with Crippen molar-refractivity contribution >= 4 is 54.8 Å². The van der Waals surface area contributed by atoms with Crippen LogP contribution in [0.3, 0.4) is 0 Å². The van der Waals surface area contributed by atoms with Crippen molar-refractivity contribution in [2.75, 3.05) is 44.9 Å². The molecule has 0 saturated heterocycles. The van der Waals surface area contributed by atoms with Crippen LogP contribution in [0.2, 0.25) is 0 Å². The smallest absolute Gasteiger partial charge is 0.228 e. The van der Waals surface area contributed by atoms with Gasteiger partial charge in [0.1, 0.15) is 17.1 Å². The largest absolute Gasteiger partial charge is 0.494 e. The van der Waals surface area contributed by atoms with Crippen LogP contribution in [0.25, 0.3) is 10.2 Å². The van der Waals surface area contributed by atoms with Crippen molar-refractivity contribution in [3.8, 4) is 5.75 Å². The van der Waals surface area contributed by atoms with Gasteiger partial charge in [-0.15, -0.1) is 12.4 Å². The van der Waals surface area contributed by atoms with Gasteiger partial charge in [0.15, 0.2) is 15.0 Å². The van der Waals surface area contributed by atoms with E-state index in [0.29, 0.717) is 29.5 Å². The third-order valence-corrected chi connectivity index (χ3v) is 8.22. The number of aromatic nitrogens is 1. The van der Waals surface area contributed by atoms with Crippen LogP contribution in [0.1, 0.15) is 18.4 Å². The second kappa shape index (κ2) is 11.9. The highest BCUT2D eigenvalue weighted by Gasteiger charge is 2.23. The van der Waals surface area contributed by atoms with E-state index in [0.717, 1.165) is 22.4 Å². The number of carbonyl (C=O) groups is 1. The Hall–Kier alpha value is -2.27. The van der Waals surface area contributed by atoms with Crippen LogP contribution in [-0.2, 0) is 14.6 Å².